The van der Waals surface area contributed by atoms with Crippen LogP contribution in [0.1, 0.15) is 36.8 Å². The van der Waals surface area contributed by atoms with Gasteiger partial charge in [0.05, 0.1) is 0 Å². The molecule has 1 aromatic rings. The van der Waals surface area contributed by atoms with Crippen molar-refractivity contribution in [2.24, 2.45) is 0 Å². The monoisotopic (exact) mass is 209 g/mol. The summed E-state index contributed by atoms with van der Waals surface area (Å²) in [6, 6.07) is 0. The van der Waals surface area contributed by atoms with E-state index < -0.39 is 0 Å². The summed E-state index contributed by atoms with van der Waals surface area (Å²) in [6.07, 6.45) is 0. The highest BCUT2D eigenvalue weighted by atomic mass is 16.5. The van der Waals surface area contributed by atoms with E-state index in [4.69, 9.17) is 4.74 Å². The normalized spacial score (nSPS) is 10.8. The maximum absolute atomic E-state index is 5.03. The van der Waals surface area contributed by atoms with Gasteiger partial charge in [-0.1, -0.05) is 13.8 Å². The van der Waals surface area contributed by atoms with Crippen molar-refractivity contribution in [1.82, 2.24) is 9.97 Å². The first-order chi connectivity index (χ1) is 7.10. The molecule has 0 aliphatic carbocycles. The number of methoxy groups -OCH3 is 1. The van der Waals surface area contributed by atoms with Crippen LogP contribution in [-0.2, 0) is 11.3 Å². The van der Waals surface area contributed by atoms with Crippen molar-refractivity contribution >= 4 is 5.82 Å². The van der Waals surface area contributed by atoms with Crippen molar-refractivity contribution in [2.75, 3.05) is 19.5 Å². The third-order valence-corrected chi connectivity index (χ3v) is 2.27. The molecular weight excluding hydrogens is 190 g/mol. The molecule has 0 saturated carbocycles. The second-order valence-electron chi connectivity index (χ2n) is 3.83. The Morgan fingerprint density at radius 1 is 1.33 bits per heavy atom. The van der Waals surface area contributed by atoms with E-state index in [0.29, 0.717) is 12.5 Å². The highest BCUT2D eigenvalue weighted by Gasteiger charge is 2.13. The third-order valence-electron chi connectivity index (χ3n) is 2.27. The predicted molar refractivity (Wildman–Crippen MR) is 61.1 cm³/mol. The Morgan fingerprint density at radius 2 is 2.00 bits per heavy atom. The van der Waals surface area contributed by atoms with E-state index in [1.807, 2.05) is 14.0 Å². The molecule has 0 aromatic carbocycles. The molecule has 1 heterocycles. The van der Waals surface area contributed by atoms with E-state index in [9.17, 15) is 0 Å². The predicted octanol–water partition coefficient (Wildman–Crippen LogP) is 2.10. The van der Waals surface area contributed by atoms with Gasteiger partial charge in [0, 0.05) is 25.4 Å². The Morgan fingerprint density at radius 3 is 2.47 bits per heavy atom. The molecule has 4 heteroatoms. The average Bonchev–Trinajstić information content (AvgIpc) is 2.16. The molecule has 1 aromatic heterocycles. The number of aromatic nitrogens is 2. The standard InChI is InChI=1S/C11H19N3O/c1-7(2)10-8(3)13-9(6-15-5)14-11(10)12-4/h7H,6H2,1-5H3,(H,12,13,14). The Kier molecular flexibility index (Phi) is 4.03. The van der Waals surface area contributed by atoms with Crippen molar-refractivity contribution in [1.29, 1.82) is 0 Å². The van der Waals surface area contributed by atoms with Crippen molar-refractivity contribution in [2.45, 2.75) is 33.3 Å². The van der Waals surface area contributed by atoms with Gasteiger partial charge >= 0.3 is 0 Å². The van der Waals surface area contributed by atoms with E-state index >= 15 is 0 Å². The number of anilines is 1. The molecule has 1 rings (SSSR count). The Bertz CT molecular complexity index is 337. The van der Waals surface area contributed by atoms with Crippen molar-refractivity contribution < 1.29 is 4.74 Å². The van der Waals surface area contributed by atoms with Gasteiger partial charge in [-0.05, 0) is 12.8 Å². The fraction of sp³-hybridized carbons (Fsp3) is 0.636. The molecule has 0 aliphatic heterocycles. The van der Waals surface area contributed by atoms with Gasteiger partial charge in [-0.2, -0.15) is 0 Å². The minimum atomic E-state index is 0.420. The highest BCUT2D eigenvalue weighted by Crippen LogP contribution is 2.24. The molecule has 0 unspecified atom stereocenters. The van der Waals surface area contributed by atoms with Crippen LogP contribution >= 0.6 is 0 Å². The van der Waals surface area contributed by atoms with Gasteiger partial charge in [0.15, 0.2) is 5.82 Å². The van der Waals surface area contributed by atoms with Crippen molar-refractivity contribution in [3.05, 3.63) is 17.1 Å². The van der Waals surface area contributed by atoms with Gasteiger partial charge < -0.3 is 10.1 Å². The van der Waals surface area contributed by atoms with E-state index in [-0.39, 0.29) is 0 Å². The summed E-state index contributed by atoms with van der Waals surface area (Å²) in [6.45, 7) is 6.75. The largest absolute Gasteiger partial charge is 0.377 e. The summed E-state index contributed by atoms with van der Waals surface area (Å²) < 4.78 is 5.03. The van der Waals surface area contributed by atoms with E-state index in [1.165, 1.54) is 5.56 Å². The molecule has 0 bridgehead atoms. The lowest BCUT2D eigenvalue weighted by Gasteiger charge is -2.15. The van der Waals surface area contributed by atoms with E-state index in [0.717, 1.165) is 17.3 Å². The molecule has 0 atom stereocenters. The Labute approximate surface area is 91.1 Å². The lowest BCUT2D eigenvalue weighted by atomic mass is 10.0. The maximum Gasteiger partial charge on any atom is 0.156 e. The molecule has 0 radical (unpaired) electrons. The Balaban J connectivity index is 3.18. The third kappa shape index (κ3) is 2.65. The summed E-state index contributed by atoms with van der Waals surface area (Å²) in [7, 11) is 3.53. The fourth-order valence-corrected chi connectivity index (χ4v) is 1.71. The van der Waals surface area contributed by atoms with Gasteiger partial charge in [-0.25, -0.2) is 9.97 Å². The van der Waals surface area contributed by atoms with Crippen LogP contribution in [0, 0.1) is 6.92 Å². The number of nitrogens with zero attached hydrogens (tertiary/aromatic N) is 2. The molecule has 0 saturated heterocycles. The van der Waals surface area contributed by atoms with Crippen LogP contribution in [0.2, 0.25) is 0 Å². The number of nitrogens with one attached hydrogen (secondary N) is 1. The van der Waals surface area contributed by atoms with Crippen molar-refractivity contribution in [3.63, 3.8) is 0 Å². The summed E-state index contributed by atoms with van der Waals surface area (Å²) >= 11 is 0. The van der Waals surface area contributed by atoms with Gasteiger partial charge in [-0.3, -0.25) is 0 Å². The average molecular weight is 209 g/mol. The van der Waals surface area contributed by atoms with Crippen LogP contribution in [-0.4, -0.2) is 24.1 Å². The van der Waals surface area contributed by atoms with Gasteiger partial charge in [0.2, 0.25) is 0 Å². The number of hydrogen-bond donors (Lipinski definition) is 1. The molecular formula is C11H19N3O. The first-order valence-corrected chi connectivity index (χ1v) is 5.14. The summed E-state index contributed by atoms with van der Waals surface area (Å²) in [5, 5.41) is 3.11. The molecule has 1 N–H and O–H groups in total. The zero-order valence-electron chi connectivity index (χ0n) is 10.1. The number of aryl methyl sites for hydroxylation is 1. The SMILES string of the molecule is CNc1nc(COC)nc(C)c1C(C)C. The zero-order valence-corrected chi connectivity index (χ0v) is 10.1. The fourth-order valence-electron chi connectivity index (χ4n) is 1.71. The highest BCUT2D eigenvalue weighted by molar-refractivity contribution is 5.47. The molecule has 84 valence electrons. The van der Waals surface area contributed by atoms with Gasteiger partial charge in [0.1, 0.15) is 12.4 Å². The van der Waals surface area contributed by atoms with E-state index in [2.05, 4.69) is 29.1 Å². The zero-order chi connectivity index (χ0) is 11.4. The molecule has 0 fully saturated rings. The number of rotatable bonds is 4. The van der Waals surface area contributed by atoms with Crippen LogP contribution in [0.25, 0.3) is 0 Å². The quantitative estimate of drug-likeness (QED) is 0.825. The summed E-state index contributed by atoms with van der Waals surface area (Å²) in [5.41, 5.74) is 2.20. The lowest BCUT2D eigenvalue weighted by Crippen LogP contribution is -2.09. The summed E-state index contributed by atoms with van der Waals surface area (Å²) in [5.74, 6) is 2.05. The number of hydrogen-bond acceptors (Lipinski definition) is 4. The second-order valence-corrected chi connectivity index (χ2v) is 3.83. The van der Waals surface area contributed by atoms with Gasteiger partial charge in [-0.15, -0.1) is 0 Å². The molecule has 0 amide bonds. The smallest absolute Gasteiger partial charge is 0.156 e. The Hall–Kier alpha value is -1.16. The van der Waals surface area contributed by atoms with Crippen molar-refractivity contribution in [3.8, 4) is 0 Å². The summed E-state index contributed by atoms with van der Waals surface area (Å²) in [4.78, 5) is 8.83. The minimum Gasteiger partial charge on any atom is -0.377 e. The first kappa shape index (κ1) is 11.9. The van der Waals surface area contributed by atoms with Crippen LogP contribution in [0.15, 0.2) is 0 Å². The van der Waals surface area contributed by atoms with Crippen LogP contribution in [0.4, 0.5) is 5.82 Å². The second kappa shape index (κ2) is 5.07. The number of ether oxygens (including phenoxy) is 1. The van der Waals surface area contributed by atoms with Crippen LogP contribution in [0.5, 0.6) is 0 Å². The molecule has 0 aliphatic rings. The molecule has 15 heavy (non-hydrogen) atoms. The van der Waals surface area contributed by atoms with Crippen LogP contribution < -0.4 is 5.32 Å². The topological polar surface area (TPSA) is 47.0 Å². The van der Waals surface area contributed by atoms with Gasteiger partial charge in [0.25, 0.3) is 0 Å². The van der Waals surface area contributed by atoms with E-state index in [1.54, 1.807) is 7.11 Å². The lowest BCUT2D eigenvalue weighted by molar-refractivity contribution is 0.177. The first-order valence-electron chi connectivity index (χ1n) is 5.14. The van der Waals surface area contributed by atoms with Crippen LogP contribution in [0.3, 0.4) is 0 Å². The minimum absolute atomic E-state index is 0.420. The molecule has 4 nitrogen and oxygen atoms in total. The molecule has 0 spiro atoms. The maximum atomic E-state index is 5.03.